The van der Waals surface area contributed by atoms with Crippen LogP contribution in [-0.4, -0.2) is 6.18 Å². The quantitative estimate of drug-likeness (QED) is 0.761. The Kier molecular flexibility index (Phi) is 3.14. The molecule has 1 rings (SSSR count). The van der Waals surface area contributed by atoms with Crippen LogP contribution in [0, 0.1) is 23.0 Å². The number of benzene rings is 1. The summed E-state index contributed by atoms with van der Waals surface area (Å²) in [5, 5.41) is 8.34. The average Bonchev–Trinajstić information content (AvgIpc) is 2.14. The summed E-state index contributed by atoms with van der Waals surface area (Å²) < 4.78 is 62.7. The van der Waals surface area contributed by atoms with Gasteiger partial charge in [-0.1, -0.05) is 0 Å². The molecule has 0 fully saturated rings. The molecule has 0 saturated carbocycles. The maximum Gasteiger partial charge on any atom is 0.407 e. The lowest BCUT2D eigenvalue weighted by Gasteiger charge is -2.17. The zero-order valence-corrected chi connectivity index (χ0v) is 7.65. The second kappa shape index (κ2) is 4.06. The minimum atomic E-state index is -4.95. The number of hydrogen-bond donors (Lipinski definition) is 1. The normalized spacial score (nSPS) is 13.3. The van der Waals surface area contributed by atoms with E-state index in [1.807, 2.05) is 0 Å². The smallest absolute Gasteiger partial charge is 0.316 e. The molecule has 2 N–H and O–H groups in total. The molecule has 1 atom stereocenters. The van der Waals surface area contributed by atoms with Crippen molar-refractivity contribution in [3.63, 3.8) is 0 Å². The molecule has 0 saturated heterocycles. The lowest BCUT2D eigenvalue weighted by Crippen LogP contribution is -2.30. The van der Waals surface area contributed by atoms with Gasteiger partial charge >= 0.3 is 6.18 Å². The van der Waals surface area contributed by atoms with Gasteiger partial charge in [-0.3, -0.25) is 0 Å². The third-order valence-corrected chi connectivity index (χ3v) is 1.87. The van der Waals surface area contributed by atoms with Gasteiger partial charge in [0.05, 0.1) is 11.6 Å². The second-order valence-electron chi connectivity index (χ2n) is 2.98. The minimum Gasteiger partial charge on any atom is -0.316 e. The van der Waals surface area contributed by atoms with E-state index in [4.69, 9.17) is 5.26 Å². The molecular weight excluding hydrogens is 231 g/mol. The molecular formula is C9H5F5N2. The van der Waals surface area contributed by atoms with Crippen molar-refractivity contribution < 1.29 is 22.0 Å². The first kappa shape index (κ1) is 12.4. The molecule has 0 radical (unpaired) electrons. The number of nitrogens with zero attached hydrogens (tertiary/aromatic N) is 1. The SMILES string of the molecule is N#Cc1cc(F)c([C@H](N)C(F)(F)F)c(F)c1. The van der Waals surface area contributed by atoms with E-state index in [0.717, 1.165) is 0 Å². The van der Waals surface area contributed by atoms with E-state index < -0.39 is 35.0 Å². The fourth-order valence-corrected chi connectivity index (χ4v) is 1.11. The Morgan fingerprint density at radius 1 is 1.19 bits per heavy atom. The third-order valence-electron chi connectivity index (χ3n) is 1.87. The summed E-state index contributed by atoms with van der Waals surface area (Å²) in [7, 11) is 0. The highest BCUT2D eigenvalue weighted by Gasteiger charge is 2.41. The summed E-state index contributed by atoms with van der Waals surface area (Å²) in [5.41, 5.74) is 2.98. The molecule has 0 aliphatic heterocycles. The Bertz CT molecular complexity index is 423. The molecule has 86 valence electrons. The molecule has 1 aromatic rings. The molecule has 7 heteroatoms. The Labute approximate surface area is 87.1 Å². The van der Waals surface area contributed by atoms with Crippen molar-refractivity contribution in [3.8, 4) is 6.07 Å². The molecule has 0 heterocycles. The summed E-state index contributed by atoms with van der Waals surface area (Å²) in [4.78, 5) is 0. The standard InChI is InChI=1S/C9H5F5N2/c10-5-1-4(3-15)2-6(11)7(5)8(16)9(12,13)14/h1-2,8H,16H2/t8-/m0/s1. The van der Waals surface area contributed by atoms with Crippen molar-refractivity contribution in [2.75, 3.05) is 0 Å². The lowest BCUT2D eigenvalue weighted by molar-refractivity contribution is -0.150. The first-order valence-corrected chi connectivity index (χ1v) is 3.98. The Balaban J connectivity index is 3.32. The number of nitrogens with two attached hydrogens (primary N) is 1. The monoisotopic (exact) mass is 236 g/mol. The number of alkyl halides is 3. The maximum absolute atomic E-state index is 13.1. The van der Waals surface area contributed by atoms with Gasteiger partial charge in [0.2, 0.25) is 0 Å². The first-order chi connectivity index (χ1) is 7.27. The van der Waals surface area contributed by atoms with Gasteiger partial charge in [-0.15, -0.1) is 0 Å². The third kappa shape index (κ3) is 2.28. The Morgan fingerprint density at radius 2 is 1.62 bits per heavy atom. The van der Waals surface area contributed by atoms with Crippen LogP contribution in [0.15, 0.2) is 12.1 Å². The highest BCUT2D eigenvalue weighted by Crippen LogP contribution is 2.33. The fourth-order valence-electron chi connectivity index (χ4n) is 1.11. The van der Waals surface area contributed by atoms with E-state index in [-0.39, 0.29) is 0 Å². The van der Waals surface area contributed by atoms with Crippen LogP contribution in [0.2, 0.25) is 0 Å². The predicted octanol–water partition coefficient (Wildman–Crippen LogP) is 2.40. The van der Waals surface area contributed by atoms with E-state index in [0.29, 0.717) is 12.1 Å². The van der Waals surface area contributed by atoms with Crippen LogP contribution in [0.5, 0.6) is 0 Å². The zero-order chi connectivity index (χ0) is 12.5. The van der Waals surface area contributed by atoms with Crippen LogP contribution in [-0.2, 0) is 0 Å². The van der Waals surface area contributed by atoms with E-state index in [1.165, 1.54) is 6.07 Å². The summed E-state index contributed by atoms with van der Waals surface area (Å²) in [5.74, 6) is -2.97. The summed E-state index contributed by atoms with van der Waals surface area (Å²) in [6.07, 6.45) is -4.95. The average molecular weight is 236 g/mol. The van der Waals surface area contributed by atoms with Crippen LogP contribution in [0.25, 0.3) is 0 Å². The van der Waals surface area contributed by atoms with Crippen molar-refractivity contribution in [3.05, 3.63) is 34.9 Å². The molecule has 0 spiro atoms. The van der Waals surface area contributed by atoms with Gasteiger partial charge in [-0.25, -0.2) is 8.78 Å². The molecule has 0 aliphatic rings. The van der Waals surface area contributed by atoms with E-state index in [1.54, 1.807) is 0 Å². The van der Waals surface area contributed by atoms with Gasteiger partial charge in [-0.2, -0.15) is 18.4 Å². The number of hydrogen-bond acceptors (Lipinski definition) is 2. The number of nitriles is 1. The van der Waals surface area contributed by atoms with Crippen molar-refractivity contribution in [1.29, 1.82) is 5.26 Å². The zero-order valence-electron chi connectivity index (χ0n) is 7.65. The minimum absolute atomic E-state index is 0.409. The van der Waals surface area contributed by atoms with Crippen LogP contribution >= 0.6 is 0 Å². The van der Waals surface area contributed by atoms with Gasteiger partial charge in [0, 0.05) is 5.56 Å². The topological polar surface area (TPSA) is 49.8 Å². The van der Waals surface area contributed by atoms with Crippen LogP contribution in [0.3, 0.4) is 0 Å². The van der Waals surface area contributed by atoms with Crippen molar-refractivity contribution in [2.24, 2.45) is 5.73 Å². The van der Waals surface area contributed by atoms with Gasteiger partial charge in [-0.05, 0) is 12.1 Å². The number of halogens is 5. The fraction of sp³-hybridized carbons (Fsp3) is 0.222. The van der Waals surface area contributed by atoms with Crippen LogP contribution in [0.1, 0.15) is 17.2 Å². The molecule has 0 bridgehead atoms. The van der Waals surface area contributed by atoms with Gasteiger partial charge in [0.25, 0.3) is 0 Å². The number of rotatable bonds is 1. The first-order valence-electron chi connectivity index (χ1n) is 3.98. The Hall–Kier alpha value is -1.68. The molecule has 0 unspecified atom stereocenters. The van der Waals surface area contributed by atoms with Gasteiger partial charge < -0.3 is 5.73 Å². The molecule has 2 nitrogen and oxygen atoms in total. The highest BCUT2D eigenvalue weighted by molar-refractivity contribution is 5.35. The van der Waals surface area contributed by atoms with Gasteiger partial charge in [0.1, 0.15) is 17.7 Å². The van der Waals surface area contributed by atoms with Crippen LogP contribution in [0.4, 0.5) is 22.0 Å². The predicted molar refractivity (Wildman–Crippen MR) is 44.1 cm³/mol. The van der Waals surface area contributed by atoms with E-state index in [9.17, 15) is 22.0 Å². The molecule has 0 aromatic heterocycles. The van der Waals surface area contributed by atoms with Crippen molar-refractivity contribution in [2.45, 2.75) is 12.2 Å². The van der Waals surface area contributed by atoms with E-state index >= 15 is 0 Å². The van der Waals surface area contributed by atoms with Crippen LogP contribution < -0.4 is 5.73 Å². The lowest BCUT2D eigenvalue weighted by atomic mass is 10.0. The summed E-state index contributed by atoms with van der Waals surface area (Å²) >= 11 is 0. The maximum atomic E-state index is 13.1. The molecule has 0 amide bonds. The van der Waals surface area contributed by atoms with Gasteiger partial charge in [0.15, 0.2) is 0 Å². The Morgan fingerprint density at radius 3 is 1.94 bits per heavy atom. The molecule has 1 aromatic carbocycles. The second-order valence-corrected chi connectivity index (χ2v) is 2.98. The van der Waals surface area contributed by atoms with Crippen molar-refractivity contribution >= 4 is 0 Å². The largest absolute Gasteiger partial charge is 0.407 e. The molecule has 0 aliphatic carbocycles. The van der Waals surface area contributed by atoms with Crippen molar-refractivity contribution in [1.82, 2.24) is 0 Å². The molecule has 16 heavy (non-hydrogen) atoms. The summed E-state index contributed by atoms with van der Waals surface area (Å²) in [6, 6.07) is -0.330. The van der Waals surface area contributed by atoms with E-state index in [2.05, 4.69) is 5.73 Å². The summed E-state index contributed by atoms with van der Waals surface area (Å²) in [6.45, 7) is 0. The highest BCUT2D eigenvalue weighted by atomic mass is 19.4.